The summed E-state index contributed by atoms with van der Waals surface area (Å²) in [5.41, 5.74) is 5.39. The van der Waals surface area contributed by atoms with Crippen LogP contribution in [0.15, 0.2) is 0 Å². The monoisotopic (exact) mass is 195 g/mol. The van der Waals surface area contributed by atoms with E-state index >= 15 is 0 Å². The molecule has 0 bridgehead atoms. The fourth-order valence-corrected chi connectivity index (χ4v) is 0.965. The molecular weight excluding hydrogens is 182 g/mol. The van der Waals surface area contributed by atoms with Gasteiger partial charge in [0.25, 0.3) is 0 Å². The lowest BCUT2D eigenvalue weighted by molar-refractivity contribution is -0.137. The molecule has 3 nitrogen and oxygen atoms in total. The first-order valence-electron chi connectivity index (χ1n) is 3.37. The molecule has 0 aromatic heterocycles. The highest BCUT2D eigenvalue weighted by atomic mass is 32.1. The minimum atomic E-state index is -0.779. The van der Waals surface area contributed by atoms with E-state index in [2.05, 4.69) is 25.3 Å². The van der Waals surface area contributed by atoms with Crippen LogP contribution in [-0.4, -0.2) is 21.7 Å². The fourth-order valence-electron chi connectivity index (χ4n) is 0.633. The van der Waals surface area contributed by atoms with Gasteiger partial charge >= 0.3 is 5.97 Å². The first-order chi connectivity index (χ1) is 5.04. The Kier molecular flexibility index (Phi) is 5.81. The maximum absolute atomic E-state index is 10.1. The molecular formula is C6H13NO2S2. The molecule has 0 heterocycles. The van der Waals surface area contributed by atoms with Gasteiger partial charge in [-0.2, -0.15) is 25.3 Å². The predicted octanol–water partition coefficient (Wildman–Crippen LogP) is 0.754. The summed E-state index contributed by atoms with van der Waals surface area (Å²) in [6.07, 6.45) is 1.48. The Morgan fingerprint density at radius 3 is 2.45 bits per heavy atom. The summed E-state index contributed by atoms with van der Waals surface area (Å²) in [5.74, 6) is -0.779. The third kappa shape index (κ3) is 6.52. The largest absolute Gasteiger partial charge is 0.481 e. The summed E-state index contributed by atoms with van der Waals surface area (Å²) in [4.78, 5) is 10.1. The molecule has 0 aliphatic heterocycles. The van der Waals surface area contributed by atoms with Crippen molar-refractivity contribution in [2.75, 3.05) is 0 Å². The molecule has 0 fully saturated rings. The van der Waals surface area contributed by atoms with Crippen LogP contribution < -0.4 is 5.73 Å². The highest BCUT2D eigenvalue weighted by Crippen LogP contribution is 2.11. The summed E-state index contributed by atoms with van der Waals surface area (Å²) in [6.45, 7) is 0. The zero-order valence-electron chi connectivity index (χ0n) is 6.10. The zero-order chi connectivity index (χ0) is 8.85. The lowest BCUT2D eigenvalue weighted by Gasteiger charge is -2.12. The molecule has 3 N–H and O–H groups in total. The minimum Gasteiger partial charge on any atom is -0.481 e. The Bertz CT molecular complexity index is 130. The SMILES string of the molecule is NC(S)C(S)CCCC(=O)O. The highest BCUT2D eigenvalue weighted by molar-refractivity contribution is 7.85. The van der Waals surface area contributed by atoms with E-state index in [9.17, 15) is 4.79 Å². The van der Waals surface area contributed by atoms with Crippen LogP contribution in [0.3, 0.4) is 0 Å². The summed E-state index contributed by atoms with van der Waals surface area (Å²) >= 11 is 8.10. The van der Waals surface area contributed by atoms with Crippen molar-refractivity contribution in [1.29, 1.82) is 0 Å². The molecule has 2 atom stereocenters. The van der Waals surface area contributed by atoms with Gasteiger partial charge in [0.15, 0.2) is 0 Å². The molecule has 0 aromatic carbocycles. The van der Waals surface area contributed by atoms with Gasteiger partial charge in [0.2, 0.25) is 0 Å². The second-order valence-electron chi connectivity index (χ2n) is 2.34. The number of hydrogen-bond donors (Lipinski definition) is 4. The van der Waals surface area contributed by atoms with Gasteiger partial charge in [-0.25, -0.2) is 0 Å². The molecule has 5 heteroatoms. The van der Waals surface area contributed by atoms with Crippen LogP contribution in [0, 0.1) is 0 Å². The summed E-state index contributed by atoms with van der Waals surface area (Å²) in [6, 6.07) is 0. The number of hydrogen-bond acceptors (Lipinski definition) is 4. The molecule has 0 amide bonds. The van der Waals surface area contributed by atoms with Gasteiger partial charge in [0, 0.05) is 11.7 Å². The van der Waals surface area contributed by atoms with Crippen LogP contribution in [-0.2, 0) is 4.79 Å². The summed E-state index contributed by atoms with van der Waals surface area (Å²) in [5, 5.41) is 8.00. The van der Waals surface area contributed by atoms with Gasteiger partial charge in [0.1, 0.15) is 0 Å². The van der Waals surface area contributed by atoms with Crippen LogP contribution in [0.5, 0.6) is 0 Å². The molecule has 0 saturated carbocycles. The first kappa shape index (κ1) is 11.1. The second kappa shape index (κ2) is 5.74. The third-order valence-electron chi connectivity index (χ3n) is 1.28. The van der Waals surface area contributed by atoms with Gasteiger partial charge in [-0.3, -0.25) is 4.79 Å². The van der Waals surface area contributed by atoms with Gasteiger partial charge in [0.05, 0.1) is 5.37 Å². The average Bonchev–Trinajstić information content (AvgIpc) is 1.86. The standard InChI is InChI=1S/C6H13NO2S2/c7-6(11)4(10)2-1-3-5(8)9/h4,6,10-11H,1-3,7H2,(H,8,9). The molecule has 0 spiro atoms. The summed E-state index contributed by atoms with van der Waals surface area (Å²) in [7, 11) is 0. The minimum absolute atomic E-state index is 0.0160. The number of nitrogens with two attached hydrogens (primary N) is 1. The number of aliphatic carboxylic acids is 1. The number of carboxylic acids is 1. The van der Waals surface area contributed by atoms with E-state index in [0.29, 0.717) is 12.8 Å². The number of rotatable bonds is 5. The van der Waals surface area contributed by atoms with Gasteiger partial charge in [-0.1, -0.05) is 0 Å². The maximum atomic E-state index is 10.1. The Balaban J connectivity index is 3.31. The molecule has 2 unspecified atom stereocenters. The Labute approximate surface area is 77.2 Å². The van der Waals surface area contributed by atoms with Gasteiger partial charge in [-0.05, 0) is 12.8 Å². The quantitative estimate of drug-likeness (QED) is 0.387. The molecule has 0 saturated heterocycles. The molecule has 0 aromatic rings. The topological polar surface area (TPSA) is 63.3 Å². The Hall–Kier alpha value is 0.130. The molecule has 11 heavy (non-hydrogen) atoms. The fraction of sp³-hybridized carbons (Fsp3) is 0.833. The van der Waals surface area contributed by atoms with Crippen molar-refractivity contribution in [3.05, 3.63) is 0 Å². The smallest absolute Gasteiger partial charge is 0.303 e. The maximum Gasteiger partial charge on any atom is 0.303 e. The van der Waals surface area contributed by atoms with E-state index in [0.717, 1.165) is 0 Å². The first-order valence-corrected chi connectivity index (χ1v) is 4.41. The molecule has 66 valence electrons. The normalized spacial score (nSPS) is 15.9. The Morgan fingerprint density at radius 2 is 2.09 bits per heavy atom. The van der Waals surface area contributed by atoms with E-state index in [1.165, 1.54) is 0 Å². The van der Waals surface area contributed by atoms with Crippen molar-refractivity contribution in [3.63, 3.8) is 0 Å². The van der Waals surface area contributed by atoms with Crippen molar-refractivity contribution in [2.24, 2.45) is 5.73 Å². The molecule has 0 radical (unpaired) electrons. The van der Waals surface area contributed by atoms with Crippen LogP contribution >= 0.6 is 25.3 Å². The van der Waals surface area contributed by atoms with Crippen molar-refractivity contribution < 1.29 is 9.90 Å². The highest BCUT2D eigenvalue weighted by Gasteiger charge is 2.09. The predicted molar refractivity (Wildman–Crippen MR) is 51.2 cm³/mol. The molecule has 0 rings (SSSR count). The van der Waals surface area contributed by atoms with Crippen molar-refractivity contribution in [3.8, 4) is 0 Å². The van der Waals surface area contributed by atoms with E-state index < -0.39 is 5.97 Å². The van der Waals surface area contributed by atoms with Crippen LogP contribution in [0.25, 0.3) is 0 Å². The average molecular weight is 195 g/mol. The van der Waals surface area contributed by atoms with Gasteiger partial charge in [-0.15, -0.1) is 0 Å². The number of carbonyl (C=O) groups is 1. The van der Waals surface area contributed by atoms with Gasteiger partial charge < -0.3 is 10.8 Å². The van der Waals surface area contributed by atoms with Crippen molar-refractivity contribution in [1.82, 2.24) is 0 Å². The van der Waals surface area contributed by atoms with E-state index in [-0.39, 0.29) is 17.0 Å². The van der Waals surface area contributed by atoms with E-state index in [1.807, 2.05) is 0 Å². The second-order valence-corrected chi connectivity index (χ2v) is 3.60. The van der Waals surface area contributed by atoms with E-state index in [4.69, 9.17) is 10.8 Å². The molecule has 0 aliphatic rings. The third-order valence-corrected chi connectivity index (χ3v) is 2.46. The zero-order valence-corrected chi connectivity index (χ0v) is 7.89. The lowest BCUT2D eigenvalue weighted by atomic mass is 10.2. The van der Waals surface area contributed by atoms with Crippen LogP contribution in [0.4, 0.5) is 0 Å². The van der Waals surface area contributed by atoms with Crippen molar-refractivity contribution in [2.45, 2.75) is 29.9 Å². The van der Waals surface area contributed by atoms with Crippen LogP contribution in [0.2, 0.25) is 0 Å². The van der Waals surface area contributed by atoms with E-state index in [1.54, 1.807) is 0 Å². The summed E-state index contributed by atoms with van der Waals surface area (Å²) < 4.78 is 0. The Morgan fingerprint density at radius 1 is 1.55 bits per heavy atom. The van der Waals surface area contributed by atoms with Crippen LogP contribution in [0.1, 0.15) is 19.3 Å². The van der Waals surface area contributed by atoms with Crippen molar-refractivity contribution >= 4 is 31.2 Å². The lowest BCUT2D eigenvalue weighted by Crippen LogP contribution is -2.24. The number of carboxylic acid groups (broad SMARTS) is 1. The number of thiol groups is 2. The molecule has 0 aliphatic carbocycles.